The van der Waals surface area contributed by atoms with Gasteiger partial charge in [-0.1, -0.05) is 42.1 Å². The molecule has 8 nitrogen and oxygen atoms in total. The van der Waals surface area contributed by atoms with E-state index in [9.17, 15) is 14.4 Å². The standard InChI is InChI=1S/C26H23N3O5S/c1-3-34-25(32)20-12-5-7-14-22(20)27-23(30)16-35-26-28-21-13-6-4-11-19(21)24(31)29(26)17-9-8-10-18(15-17)33-2/h4-15H,3,16H2,1-2H3,(H,27,30). The maximum atomic E-state index is 13.4. The molecule has 0 spiro atoms. The fourth-order valence-corrected chi connectivity index (χ4v) is 4.29. The number of carbonyl (C=O) groups excluding carboxylic acids is 2. The summed E-state index contributed by atoms with van der Waals surface area (Å²) in [5.74, 6) is -0.316. The van der Waals surface area contributed by atoms with Crippen LogP contribution in [0.2, 0.25) is 0 Å². The number of esters is 1. The van der Waals surface area contributed by atoms with Gasteiger partial charge in [-0.3, -0.25) is 14.2 Å². The normalized spacial score (nSPS) is 10.7. The summed E-state index contributed by atoms with van der Waals surface area (Å²) >= 11 is 1.12. The lowest BCUT2D eigenvalue weighted by molar-refractivity contribution is -0.113. The van der Waals surface area contributed by atoms with Crippen LogP contribution in [0.1, 0.15) is 17.3 Å². The molecule has 4 aromatic rings. The molecule has 0 aliphatic rings. The van der Waals surface area contributed by atoms with Crippen LogP contribution >= 0.6 is 11.8 Å². The van der Waals surface area contributed by atoms with Crippen LogP contribution in [0.4, 0.5) is 5.69 Å². The molecule has 0 atom stereocenters. The molecule has 0 bridgehead atoms. The summed E-state index contributed by atoms with van der Waals surface area (Å²) in [4.78, 5) is 43.0. The predicted octanol–water partition coefficient (Wildman–Crippen LogP) is 4.30. The van der Waals surface area contributed by atoms with Crippen LogP contribution in [0.5, 0.6) is 5.75 Å². The van der Waals surface area contributed by atoms with Crippen LogP contribution < -0.4 is 15.6 Å². The first kappa shape index (κ1) is 24.0. The van der Waals surface area contributed by atoms with Crippen molar-refractivity contribution in [2.24, 2.45) is 0 Å². The molecular formula is C26H23N3O5S. The third-order valence-corrected chi connectivity index (χ3v) is 6.02. The second kappa shape index (κ2) is 10.9. The summed E-state index contributed by atoms with van der Waals surface area (Å²) in [5, 5.41) is 3.58. The number of aromatic nitrogens is 2. The average molecular weight is 490 g/mol. The van der Waals surface area contributed by atoms with Crippen molar-refractivity contribution in [3.63, 3.8) is 0 Å². The second-order valence-corrected chi connectivity index (χ2v) is 8.30. The predicted molar refractivity (Wildman–Crippen MR) is 136 cm³/mol. The molecule has 0 unspecified atom stereocenters. The Morgan fingerprint density at radius 3 is 2.60 bits per heavy atom. The van der Waals surface area contributed by atoms with E-state index < -0.39 is 5.97 Å². The van der Waals surface area contributed by atoms with Crippen LogP contribution in [0.15, 0.2) is 82.7 Å². The van der Waals surface area contributed by atoms with E-state index in [0.29, 0.717) is 33.2 Å². The van der Waals surface area contributed by atoms with Gasteiger partial charge in [0.25, 0.3) is 5.56 Å². The highest BCUT2D eigenvalue weighted by Gasteiger charge is 2.17. The Morgan fingerprint density at radius 2 is 1.80 bits per heavy atom. The highest BCUT2D eigenvalue weighted by Crippen LogP contribution is 2.24. The Morgan fingerprint density at radius 1 is 1.03 bits per heavy atom. The largest absolute Gasteiger partial charge is 0.497 e. The highest BCUT2D eigenvalue weighted by molar-refractivity contribution is 7.99. The lowest BCUT2D eigenvalue weighted by atomic mass is 10.2. The monoisotopic (exact) mass is 489 g/mol. The van der Waals surface area contributed by atoms with Crippen molar-refractivity contribution in [2.75, 3.05) is 24.8 Å². The molecule has 1 heterocycles. The zero-order valence-corrected chi connectivity index (χ0v) is 20.0. The van der Waals surface area contributed by atoms with Crippen molar-refractivity contribution < 1.29 is 19.1 Å². The quantitative estimate of drug-likeness (QED) is 0.224. The molecule has 0 aliphatic heterocycles. The number of hydrogen-bond donors (Lipinski definition) is 1. The number of fused-ring (bicyclic) bond motifs is 1. The number of carbonyl (C=O) groups is 2. The number of amides is 1. The zero-order valence-electron chi connectivity index (χ0n) is 19.2. The number of nitrogens with zero attached hydrogens (tertiary/aromatic N) is 2. The van der Waals surface area contributed by atoms with Crippen LogP contribution in [-0.4, -0.2) is 40.9 Å². The molecule has 4 rings (SSSR count). The van der Waals surface area contributed by atoms with Gasteiger partial charge in [0, 0.05) is 6.07 Å². The van der Waals surface area contributed by atoms with Crippen molar-refractivity contribution in [3.8, 4) is 11.4 Å². The number of hydrogen-bond acceptors (Lipinski definition) is 7. The van der Waals surface area contributed by atoms with E-state index in [2.05, 4.69) is 10.3 Å². The van der Waals surface area contributed by atoms with Gasteiger partial charge in [-0.15, -0.1) is 0 Å². The van der Waals surface area contributed by atoms with E-state index in [1.54, 1.807) is 86.8 Å². The number of anilines is 1. The van der Waals surface area contributed by atoms with E-state index >= 15 is 0 Å². The summed E-state index contributed by atoms with van der Waals surface area (Å²) in [6.45, 7) is 1.94. The summed E-state index contributed by atoms with van der Waals surface area (Å²) in [6, 6.07) is 20.8. The van der Waals surface area contributed by atoms with Gasteiger partial charge in [-0.05, 0) is 43.3 Å². The SMILES string of the molecule is CCOC(=O)c1ccccc1NC(=O)CSc1nc2ccccc2c(=O)n1-c1cccc(OC)c1. The molecule has 35 heavy (non-hydrogen) atoms. The molecule has 0 saturated carbocycles. The van der Waals surface area contributed by atoms with Gasteiger partial charge in [0.1, 0.15) is 5.75 Å². The van der Waals surface area contributed by atoms with Crippen molar-refractivity contribution >= 4 is 40.2 Å². The van der Waals surface area contributed by atoms with Gasteiger partial charge >= 0.3 is 5.97 Å². The molecule has 1 amide bonds. The molecule has 0 saturated heterocycles. The summed E-state index contributed by atoms with van der Waals surface area (Å²) in [6.07, 6.45) is 0. The molecule has 178 valence electrons. The third-order valence-electron chi connectivity index (χ3n) is 5.09. The maximum absolute atomic E-state index is 13.4. The van der Waals surface area contributed by atoms with Gasteiger partial charge in [-0.25, -0.2) is 9.78 Å². The average Bonchev–Trinajstić information content (AvgIpc) is 2.88. The van der Waals surface area contributed by atoms with E-state index in [4.69, 9.17) is 9.47 Å². The summed E-state index contributed by atoms with van der Waals surface area (Å²) in [5.41, 5.74) is 1.48. The molecule has 1 N–H and O–H groups in total. The maximum Gasteiger partial charge on any atom is 0.340 e. The number of ether oxygens (including phenoxy) is 2. The smallest absolute Gasteiger partial charge is 0.340 e. The van der Waals surface area contributed by atoms with Crippen molar-refractivity contribution in [3.05, 3.63) is 88.7 Å². The molecule has 9 heteroatoms. The first-order valence-corrected chi connectivity index (χ1v) is 11.9. The second-order valence-electron chi connectivity index (χ2n) is 7.36. The Kier molecular flexibility index (Phi) is 7.47. The van der Waals surface area contributed by atoms with E-state index in [-0.39, 0.29) is 29.4 Å². The number of para-hydroxylation sites is 2. The first-order valence-electron chi connectivity index (χ1n) is 10.9. The Hall–Kier alpha value is -4.11. The van der Waals surface area contributed by atoms with Crippen molar-refractivity contribution in [1.29, 1.82) is 0 Å². The third kappa shape index (κ3) is 5.36. The molecule has 3 aromatic carbocycles. The number of nitrogens with one attached hydrogen (secondary N) is 1. The topological polar surface area (TPSA) is 99.5 Å². The minimum absolute atomic E-state index is 0.0358. The van der Waals surface area contributed by atoms with Crippen LogP contribution in [0.25, 0.3) is 16.6 Å². The highest BCUT2D eigenvalue weighted by atomic mass is 32.2. The minimum Gasteiger partial charge on any atom is -0.497 e. The van der Waals surface area contributed by atoms with Crippen LogP contribution in [0.3, 0.4) is 0 Å². The molecule has 1 aromatic heterocycles. The Labute approximate surface area is 205 Å². The minimum atomic E-state index is -0.515. The van der Waals surface area contributed by atoms with Crippen molar-refractivity contribution in [2.45, 2.75) is 12.1 Å². The molecular weight excluding hydrogens is 466 g/mol. The molecule has 0 aliphatic carbocycles. The van der Waals surface area contributed by atoms with Crippen LogP contribution in [-0.2, 0) is 9.53 Å². The fraction of sp³-hybridized carbons (Fsp3) is 0.154. The summed E-state index contributed by atoms with van der Waals surface area (Å²) < 4.78 is 11.8. The van der Waals surface area contributed by atoms with E-state index in [1.165, 1.54) is 4.57 Å². The van der Waals surface area contributed by atoms with Gasteiger partial charge in [0.2, 0.25) is 5.91 Å². The van der Waals surface area contributed by atoms with Gasteiger partial charge in [-0.2, -0.15) is 0 Å². The van der Waals surface area contributed by atoms with Gasteiger partial charge in [0.05, 0.1) is 47.3 Å². The summed E-state index contributed by atoms with van der Waals surface area (Å²) in [7, 11) is 1.55. The Bertz CT molecular complexity index is 1450. The zero-order chi connectivity index (χ0) is 24.8. The van der Waals surface area contributed by atoms with E-state index in [0.717, 1.165) is 11.8 Å². The lowest BCUT2D eigenvalue weighted by Gasteiger charge is -2.14. The number of methoxy groups -OCH3 is 1. The molecule has 0 radical (unpaired) electrons. The van der Waals surface area contributed by atoms with Crippen molar-refractivity contribution in [1.82, 2.24) is 9.55 Å². The Balaban J connectivity index is 1.64. The number of rotatable bonds is 8. The first-order chi connectivity index (χ1) is 17.0. The van der Waals surface area contributed by atoms with Crippen LogP contribution in [0, 0.1) is 0 Å². The van der Waals surface area contributed by atoms with Gasteiger partial charge < -0.3 is 14.8 Å². The lowest BCUT2D eigenvalue weighted by Crippen LogP contribution is -2.23. The van der Waals surface area contributed by atoms with Gasteiger partial charge in [0.15, 0.2) is 5.16 Å². The number of thioether (sulfide) groups is 1. The molecule has 0 fully saturated rings. The number of benzene rings is 3. The fourth-order valence-electron chi connectivity index (χ4n) is 3.48. The van der Waals surface area contributed by atoms with E-state index in [1.807, 2.05) is 0 Å².